The fourth-order valence-electron chi connectivity index (χ4n) is 3.94. The molecule has 27 heavy (non-hydrogen) atoms. The maximum Gasteiger partial charge on any atom is 0.228 e. The lowest BCUT2D eigenvalue weighted by atomic mass is 10.0. The monoisotopic (exact) mass is 384 g/mol. The van der Waals surface area contributed by atoms with Crippen LogP contribution in [0, 0.1) is 12.8 Å². The van der Waals surface area contributed by atoms with E-state index >= 15 is 0 Å². The lowest BCUT2D eigenvalue weighted by Gasteiger charge is -2.32. The van der Waals surface area contributed by atoms with Crippen LogP contribution in [0.3, 0.4) is 0 Å². The van der Waals surface area contributed by atoms with Gasteiger partial charge in [-0.25, -0.2) is 9.67 Å². The molecular formula is C19H24N6OS. The van der Waals surface area contributed by atoms with Gasteiger partial charge in [0, 0.05) is 43.2 Å². The zero-order chi connectivity index (χ0) is 18.4. The molecule has 142 valence electrons. The highest BCUT2D eigenvalue weighted by Crippen LogP contribution is 2.31. The molecule has 4 heterocycles. The molecule has 0 atom stereocenters. The number of aryl methyl sites for hydroxylation is 1. The summed E-state index contributed by atoms with van der Waals surface area (Å²) in [5.41, 5.74) is 2.42. The van der Waals surface area contributed by atoms with Crippen LogP contribution < -0.4 is 5.32 Å². The normalized spacial score (nSPS) is 19.0. The van der Waals surface area contributed by atoms with E-state index in [1.165, 1.54) is 5.69 Å². The number of piperidine rings is 1. The number of nitrogens with zero attached hydrogens (tertiary/aromatic N) is 5. The van der Waals surface area contributed by atoms with Crippen LogP contribution in [-0.4, -0.2) is 43.1 Å². The number of carbonyl (C=O) groups excluding carboxylic acids is 1. The first-order valence-electron chi connectivity index (χ1n) is 9.67. The summed E-state index contributed by atoms with van der Waals surface area (Å²) in [6, 6.07) is 2.26. The van der Waals surface area contributed by atoms with Crippen molar-refractivity contribution in [3.05, 3.63) is 35.2 Å². The molecule has 2 aliphatic rings. The molecule has 1 aliphatic carbocycles. The number of hydrogen-bond acceptors (Lipinski definition) is 5. The number of rotatable bonds is 5. The Morgan fingerprint density at radius 1 is 1.30 bits per heavy atom. The zero-order valence-electron chi connectivity index (χ0n) is 15.5. The fraction of sp³-hybridized carbons (Fsp3) is 0.526. The van der Waals surface area contributed by atoms with E-state index < -0.39 is 0 Å². The number of thiazole rings is 1. The van der Waals surface area contributed by atoms with Gasteiger partial charge in [0.25, 0.3) is 0 Å². The predicted molar refractivity (Wildman–Crippen MR) is 105 cm³/mol. The van der Waals surface area contributed by atoms with Crippen molar-refractivity contribution < 1.29 is 4.79 Å². The van der Waals surface area contributed by atoms with Crippen molar-refractivity contribution in [3.8, 4) is 0 Å². The summed E-state index contributed by atoms with van der Waals surface area (Å²) in [6.07, 6.45) is 8.02. The first-order valence-corrected chi connectivity index (χ1v) is 10.5. The summed E-state index contributed by atoms with van der Waals surface area (Å²) in [5, 5.41) is 9.64. The van der Waals surface area contributed by atoms with Gasteiger partial charge in [0.15, 0.2) is 4.96 Å². The van der Waals surface area contributed by atoms with Crippen molar-refractivity contribution in [1.29, 1.82) is 0 Å². The van der Waals surface area contributed by atoms with Crippen molar-refractivity contribution in [2.75, 3.05) is 18.4 Å². The summed E-state index contributed by atoms with van der Waals surface area (Å²) in [7, 11) is 0. The van der Waals surface area contributed by atoms with Crippen LogP contribution in [0.15, 0.2) is 23.8 Å². The Labute approximate surface area is 162 Å². The van der Waals surface area contributed by atoms with Crippen molar-refractivity contribution >= 4 is 28.0 Å². The van der Waals surface area contributed by atoms with E-state index in [0.29, 0.717) is 6.04 Å². The van der Waals surface area contributed by atoms with Crippen molar-refractivity contribution in [2.45, 2.75) is 45.2 Å². The average molecular weight is 385 g/mol. The Bertz CT molecular complexity index is 960. The highest BCUT2D eigenvalue weighted by molar-refractivity contribution is 7.15. The molecule has 7 nitrogen and oxygen atoms in total. The minimum absolute atomic E-state index is 0.144. The van der Waals surface area contributed by atoms with Gasteiger partial charge in [-0.3, -0.25) is 14.1 Å². The largest absolute Gasteiger partial charge is 0.311 e. The van der Waals surface area contributed by atoms with Crippen LogP contribution >= 0.6 is 11.3 Å². The van der Waals surface area contributed by atoms with Gasteiger partial charge in [-0.15, -0.1) is 11.3 Å². The molecule has 3 aromatic heterocycles. The maximum absolute atomic E-state index is 12.1. The van der Waals surface area contributed by atoms with E-state index in [9.17, 15) is 4.79 Å². The molecule has 1 saturated carbocycles. The molecule has 0 radical (unpaired) electrons. The second-order valence-electron chi connectivity index (χ2n) is 7.63. The number of fused-ring (bicyclic) bond motifs is 1. The quantitative estimate of drug-likeness (QED) is 0.734. The third kappa shape index (κ3) is 3.27. The van der Waals surface area contributed by atoms with Crippen LogP contribution in [0.2, 0.25) is 0 Å². The smallest absolute Gasteiger partial charge is 0.228 e. The van der Waals surface area contributed by atoms with E-state index in [1.54, 1.807) is 17.5 Å². The van der Waals surface area contributed by atoms with Crippen LogP contribution in [0.1, 0.15) is 43.1 Å². The van der Waals surface area contributed by atoms with E-state index in [4.69, 9.17) is 0 Å². The zero-order valence-corrected chi connectivity index (χ0v) is 16.3. The number of amides is 1. The maximum atomic E-state index is 12.1. The molecule has 8 heteroatoms. The first kappa shape index (κ1) is 16.9. The SMILES string of the molecule is Cc1nc2sccn2c1CN1CCC(n2nccc2NC(=O)C2CC2)CC1. The number of aromatic nitrogens is 4. The first-order chi connectivity index (χ1) is 13.2. The summed E-state index contributed by atoms with van der Waals surface area (Å²) < 4.78 is 4.23. The number of nitrogens with one attached hydrogen (secondary N) is 1. The molecule has 0 unspecified atom stereocenters. The second-order valence-corrected chi connectivity index (χ2v) is 8.50. The molecule has 1 N–H and O–H groups in total. The molecule has 1 amide bonds. The van der Waals surface area contributed by atoms with Gasteiger partial charge < -0.3 is 5.32 Å². The predicted octanol–water partition coefficient (Wildman–Crippen LogP) is 3.09. The molecule has 5 rings (SSSR count). The van der Waals surface area contributed by atoms with Gasteiger partial charge in [-0.05, 0) is 32.6 Å². The topological polar surface area (TPSA) is 67.5 Å². The molecule has 1 saturated heterocycles. The highest BCUT2D eigenvalue weighted by atomic mass is 32.1. The van der Waals surface area contributed by atoms with Crippen molar-refractivity contribution in [2.24, 2.45) is 5.92 Å². The summed E-state index contributed by atoms with van der Waals surface area (Å²) in [5.74, 6) is 1.20. The standard InChI is InChI=1S/C19H24N6OS/c1-13-16(24-10-11-27-19(24)21-13)12-23-8-5-15(6-9-23)25-17(4-7-20-25)22-18(26)14-2-3-14/h4,7,10-11,14-15H,2-3,5-6,8-9,12H2,1H3,(H,22,26). The summed E-state index contributed by atoms with van der Waals surface area (Å²) in [6.45, 7) is 5.08. The number of anilines is 1. The molecule has 0 aromatic carbocycles. The number of likely N-dealkylation sites (tertiary alicyclic amines) is 1. The van der Waals surface area contributed by atoms with Crippen LogP contribution in [0.4, 0.5) is 5.82 Å². The Kier molecular flexibility index (Phi) is 4.24. The van der Waals surface area contributed by atoms with E-state index in [-0.39, 0.29) is 11.8 Å². The van der Waals surface area contributed by atoms with Crippen LogP contribution in [0.5, 0.6) is 0 Å². The van der Waals surface area contributed by atoms with Crippen LogP contribution in [-0.2, 0) is 11.3 Å². The lowest BCUT2D eigenvalue weighted by molar-refractivity contribution is -0.117. The summed E-state index contributed by atoms with van der Waals surface area (Å²) in [4.78, 5) is 20.3. The van der Waals surface area contributed by atoms with Crippen LogP contribution in [0.25, 0.3) is 4.96 Å². The third-order valence-electron chi connectivity index (χ3n) is 5.71. The molecule has 1 aliphatic heterocycles. The van der Waals surface area contributed by atoms with Gasteiger partial charge in [0.1, 0.15) is 5.82 Å². The Morgan fingerprint density at radius 3 is 2.89 bits per heavy atom. The second kappa shape index (κ2) is 6.76. The van der Waals surface area contributed by atoms with Crippen molar-refractivity contribution in [1.82, 2.24) is 24.1 Å². The Morgan fingerprint density at radius 2 is 2.11 bits per heavy atom. The number of imidazole rings is 1. The molecule has 3 aromatic rings. The average Bonchev–Trinajstić information content (AvgIpc) is 3.15. The number of carbonyl (C=O) groups is 1. The van der Waals surface area contributed by atoms with Gasteiger partial charge in [-0.1, -0.05) is 0 Å². The van der Waals surface area contributed by atoms with E-state index in [0.717, 1.165) is 61.8 Å². The minimum Gasteiger partial charge on any atom is -0.311 e. The minimum atomic E-state index is 0.144. The van der Waals surface area contributed by atoms with Crippen molar-refractivity contribution in [3.63, 3.8) is 0 Å². The molecule has 0 spiro atoms. The van der Waals surface area contributed by atoms with Gasteiger partial charge in [-0.2, -0.15) is 5.10 Å². The molecule has 2 fully saturated rings. The fourth-order valence-corrected chi connectivity index (χ4v) is 4.72. The Hall–Kier alpha value is -2.19. The highest BCUT2D eigenvalue weighted by Gasteiger charge is 2.31. The van der Waals surface area contributed by atoms with E-state index in [1.807, 2.05) is 10.7 Å². The van der Waals surface area contributed by atoms with Gasteiger partial charge in [0.05, 0.1) is 23.6 Å². The molecular weight excluding hydrogens is 360 g/mol. The third-order valence-corrected chi connectivity index (χ3v) is 6.46. The Balaban J connectivity index is 1.23. The lowest BCUT2D eigenvalue weighted by Crippen LogP contribution is -2.35. The van der Waals surface area contributed by atoms with E-state index in [2.05, 4.69) is 43.2 Å². The van der Waals surface area contributed by atoms with Gasteiger partial charge in [0.2, 0.25) is 5.91 Å². The van der Waals surface area contributed by atoms with Gasteiger partial charge >= 0.3 is 0 Å². The number of hydrogen-bond donors (Lipinski definition) is 1. The molecule has 0 bridgehead atoms. The summed E-state index contributed by atoms with van der Waals surface area (Å²) >= 11 is 1.68.